The summed E-state index contributed by atoms with van der Waals surface area (Å²) in [4.78, 5) is 12.1. The minimum absolute atomic E-state index is 0.129. The van der Waals surface area contributed by atoms with Crippen LogP contribution in [0.15, 0.2) is 42.5 Å². The van der Waals surface area contributed by atoms with Gasteiger partial charge in [-0.3, -0.25) is 4.79 Å². The molecule has 1 unspecified atom stereocenters. The molecule has 0 aromatic heterocycles. The van der Waals surface area contributed by atoms with E-state index in [2.05, 4.69) is 0 Å². The van der Waals surface area contributed by atoms with Gasteiger partial charge in [0.05, 0.1) is 17.9 Å². The van der Waals surface area contributed by atoms with Crippen molar-refractivity contribution in [2.45, 2.75) is 12.7 Å². The molecule has 0 N–H and O–H groups in total. The maximum absolute atomic E-state index is 12.1. The summed E-state index contributed by atoms with van der Waals surface area (Å²) in [5.74, 6) is -1.36. The fourth-order valence-electron chi connectivity index (χ4n) is 1.74. The fraction of sp³-hybridized carbons (Fsp3) is 0.133. The smallest absolute Gasteiger partial charge is 0.309 e. The highest BCUT2D eigenvalue weighted by molar-refractivity contribution is 6.37. The third kappa shape index (κ3) is 3.35. The molecule has 0 aliphatic heterocycles. The van der Waals surface area contributed by atoms with Crippen LogP contribution in [0.3, 0.4) is 0 Å². The lowest BCUT2D eigenvalue weighted by Crippen LogP contribution is -2.19. The highest BCUT2D eigenvalue weighted by atomic mass is 35.5. The zero-order chi connectivity index (χ0) is 14.7. The van der Waals surface area contributed by atoms with Crippen LogP contribution < -0.4 is 4.74 Å². The Balaban J connectivity index is 2.20. The zero-order valence-electron chi connectivity index (χ0n) is 10.8. The summed E-state index contributed by atoms with van der Waals surface area (Å²) in [5.41, 5.74) is 1.69. The molecular formula is C15H11BCl2O2. The summed E-state index contributed by atoms with van der Waals surface area (Å²) in [6.45, 7) is 1.92. The largest absolute Gasteiger partial charge is 0.423 e. The van der Waals surface area contributed by atoms with Crippen molar-refractivity contribution in [3.05, 3.63) is 63.6 Å². The van der Waals surface area contributed by atoms with Crippen molar-refractivity contribution in [3.8, 4) is 5.75 Å². The summed E-state index contributed by atoms with van der Waals surface area (Å²) in [5, 5.41) is 0.532. The maximum atomic E-state index is 12.1. The Morgan fingerprint density at radius 1 is 1.15 bits per heavy atom. The van der Waals surface area contributed by atoms with E-state index in [1.165, 1.54) is 0 Å². The molecule has 0 aliphatic rings. The van der Waals surface area contributed by atoms with E-state index in [1.54, 1.807) is 24.3 Å². The molecule has 100 valence electrons. The lowest BCUT2D eigenvalue weighted by molar-refractivity contribution is -0.134. The van der Waals surface area contributed by atoms with Gasteiger partial charge in [-0.2, -0.15) is 0 Å². The second-order valence-corrected chi connectivity index (χ2v) is 5.18. The topological polar surface area (TPSA) is 26.3 Å². The third-order valence-electron chi connectivity index (χ3n) is 2.78. The summed E-state index contributed by atoms with van der Waals surface area (Å²) in [6, 6.07) is 12.2. The summed E-state index contributed by atoms with van der Waals surface area (Å²) in [7, 11) is 5.89. The number of halogens is 2. The highest BCUT2D eigenvalue weighted by Gasteiger charge is 2.19. The molecule has 2 radical (unpaired) electrons. The Labute approximate surface area is 129 Å². The van der Waals surface area contributed by atoms with E-state index >= 15 is 0 Å². The van der Waals surface area contributed by atoms with E-state index in [-0.39, 0.29) is 15.8 Å². The van der Waals surface area contributed by atoms with Crippen LogP contribution in [0.5, 0.6) is 5.75 Å². The van der Waals surface area contributed by atoms with E-state index in [4.69, 9.17) is 35.8 Å². The first kappa shape index (κ1) is 15.0. The number of ether oxygens (including phenoxy) is 1. The van der Waals surface area contributed by atoms with Crippen molar-refractivity contribution >= 4 is 37.0 Å². The lowest BCUT2D eigenvalue weighted by atomic mass is 9.81. The standard InChI is InChI=1S/C15H11BCl2O2/c1-9-4-2-5-10(8-9)13(16)15(19)20-14-11(17)6-3-7-12(14)18/h2-8,13H,1H3. The quantitative estimate of drug-likeness (QED) is 0.484. The number of hydrogen-bond acceptors (Lipinski definition) is 2. The number of benzene rings is 2. The Morgan fingerprint density at radius 2 is 1.75 bits per heavy atom. The minimum atomic E-state index is -0.887. The van der Waals surface area contributed by atoms with Gasteiger partial charge in [0.1, 0.15) is 0 Å². The molecule has 2 rings (SSSR count). The number of para-hydroxylation sites is 1. The van der Waals surface area contributed by atoms with Crippen LogP contribution in [0.1, 0.15) is 16.9 Å². The average molecular weight is 305 g/mol. The van der Waals surface area contributed by atoms with Crippen LogP contribution in [0, 0.1) is 6.92 Å². The maximum Gasteiger partial charge on any atom is 0.309 e. The second-order valence-electron chi connectivity index (χ2n) is 4.36. The SMILES string of the molecule is [B]C(C(=O)Oc1c(Cl)cccc1Cl)c1cccc(C)c1. The Hall–Kier alpha value is -1.45. The molecule has 2 nitrogen and oxygen atoms in total. The van der Waals surface area contributed by atoms with Gasteiger partial charge in [-0.1, -0.05) is 59.1 Å². The van der Waals surface area contributed by atoms with Gasteiger partial charge in [-0.25, -0.2) is 0 Å². The molecule has 0 heterocycles. The summed E-state index contributed by atoms with van der Waals surface area (Å²) >= 11 is 11.9. The lowest BCUT2D eigenvalue weighted by Gasteiger charge is -2.14. The van der Waals surface area contributed by atoms with Crippen LogP contribution in [0.4, 0.5) is 0 Å². The Bertz CT molecular complexity index is 623. The normalized spacial score (nSPS) is 11.9. The van der Waals surface area contributed by atoms with Crippen molar-refractivity contribution in [2.24, 2.45) is 0 Å². The molecular weight excluding hydrogens is 294 g/mol. The van der Waals surface area contributed by atoms with Crippen LogP contribution >= 0.6 is 23.2 Å². The predicted octanol–water partition coefficient (Wildman–Crippen LogP) is 4.12. The first-order valence-corrected chi connectivity index (χ1v) is 6.72. The molecule has 0 saturated heterocycles. The first-order chi connectivity index (χ1) is 9.49. The number of carbonyl (C=O) groups excluding carboxylic acids is 1. The van der Waals surface area contributed by atoms with Gasteiger partial charge in [-0.15, -0.1) is 0 Å². The van der Waals surface area contributed by atoms with E-state index < -0.39 is 11.8 Å². The Kier molecular flexibility index (Phi) is 4.74. The molecule has 0 aliphatic carbocycles. The summed E-state index contributed by atoms with van der Waals surface area (Å²) < 4.78 is 5.20. The first-order valence-electron chi connectivity index (χ1n) is 5.97. The Morgan fingerprint density at radius 3 is 2.35 bits per heavy atom. The van der Waals surface area contributed by atoms with Crippen LogP contribution in [0.2, 0.25) is 10.0 Å². The minimum Gasteiger partial charge on any atom is -0.423 e. The zero-order valence-corrected chi connectivity index (χ0v) is 12.3. The highest BCUT2D eigenvalue weighted by Crippen LogP contribution is 2.33. The molecule has 5 heteroatoms. The predicted molar refractivity (Wildman–Crippen MR) is 81.8 cm³/mol. The molecule has 0 amide bonds. The molecule has 2 aromatic carbocycles. The van der Waals surface area contributed by atoms with Crippen molar-refractivity contribution in [1.82, 2.24) is 0 Å². The number of hydrogen-bond donors (Lipinski definition) is 0. The molecule has 0 fully saturated rings. The molecule has 20 heavy (non-hydrogen) atoms. The van der Waals surface area contributed by atoms with Crippen LogP contribution in [-0.2, 0) is 4.79 Å². The van der Waals surface area contributed by atoms with Gasteiger partial charge in [-0.05, 0) is 24.6 Å². The van der Waals surface area contributed by atoms with Gasteiger partial charge in [0, 0.05) is 5.82 Å². The number of carbonyl (C=O) groups is 1. The van der Waals surface area contributed by atoms with Crippen molar-refractivity contribution < 1.29 is 9.53 Å². The molecule has 0 bridgehead atoms. The van der Waals surface area contributed by atoms with Crippen LogP contribution in [0.25, 0.3) is 0 Å². The third-order valence-corrected chi connectivity index (χ3v) is 3.37. The monoisotopic (exact) mass is 304 g/mol. The van der Waals surface area contributed by atoms with Crippen molar-refractivity contribution in [1.29, 1.82) is 0 Å². The number of esters is 1. The number of rotatable bonds is 3. The fourth-order valence-corrected chi connectivity index (χ4v) is 2.22. The average Bonchev–Trinajstić information content (AvgIpc) is 2.42. The molecule has 0 spiro atoms. The summed E-state index contributed by atoms with van der Waals surface area (Å²) in [6.07, 6.45) is 0. The van der Waals surface area contributed by atoms with Crippen LogP contribution in [-0.4, -0.2) is 13.8 Å². The van der Waals surface area contributed by atoms with E-state index in [0.717, 1.165) is 5.56 Å². The molecule has 2 aromatic rings. The van der Waals surface area contributed by atoms with Gasteiger partial charge >= 0.3 is 5.97 Å². The van der Waals surface area contributed by atoms with Crippen molar-refractivity contribution in [3.63, 3.8) is 0 Å². The number of aryl methyl sites for hydroxylation is 1. The molecule has 0 saturated carbocycles. The second kappa shape index (κ2) is 6.34. The van der Waals surface area contributed by atoms with E-state index in [0.29, 0.717) is 5.56 Å². The van der Waals surface area contributed by atoms with Gasteiger partial charge < -0.3 is 4.74 Å². The van der Waals surface area contributed by atoms with Gasteiger partial charge in [0.15, 0.2) is 5.75 Å². The van der Waals surface area contributed by atoms with E-state index in [9.17, 15) is 4.79 Å². The van der Waals surface area contributed by atoms with E-state index in [1.807, 2.05) is 25.1 Å². The van der Waals surface area contributed by atoms with Crippen molar-refractivity contribution in [2.75, 3.05) is 0 Å². The van der Waals surface area contributed by atoms with Gasteiger partial charge in [0.25, 0.3) is 0 Å². The van der Waals surface area contributed by atoms with Gasteiger partial charge in [0.2, 0.25) is 0 Å². The molecule has 1 atom stereocenters.